The quantitative estimate of drug-likeness (QED) is 0.630. The highest BCUT2D eigenvalue weighted by atomic mass is 35.5. The Morgan fingerprint density at radius 2 is 1.65 bits per heavy atom. The molecule has 3 rings (SSSR count). The van der Waals surface area contributed by atoms with Crippen molar-refractivity contribution in [3.05, 3.63) is 87.9 Å². The predicted molar refractivity (Wildman–Crippen MR) is 92.7 cm³/mol. The third-order valence-electron chi connectivity index (χ3n) is 3.42. The average molecular weight is 347 g/mol. The largest absolute Gasteiger partial charge is 0.369 e. The molecule has 0 fully saturated rings. The summed E-state index contributed by atoms with van der Waals surface area (Å²) in [7, 11) is 0. The number of aromatic nitrogens is 2. The number of benzene rings is 2. The maximum absolute atomic E-state index is 6.05. The highest BCUT2D eigenvalue weighted by Gasteiger charge is 2.06. The topological polar surface area (TPSA) is 27.1 Å². The molecule has 23 heavy (non-hydrogen) atoms. The van der Waals surface area contributed by atoms with Gasteiger partial charge < -0.3 is 9.30 Å². The lowest BCUT2D eigenvalue weighted by Gasteiger charge is -2.09. The van der Waals surface area contributed by atoms with Crippen molar-refractivity contribution in [3.8, 4) is 0 Å². The van der Waals surface area contributed by atoms with Crippen LogP contribution in [0.3, 0.4) is 0 Å². The number of halogens is 2. The second kappa shape index (κ2) is 7.64. The SMILES string of the molecule is Clc1cc(Cl)cc(Cn2ccnc2COCc2ccccc2)c1. The lowest BCUT2D eigenvalue weighted by atomic mass is 10.2. The zero-order valence-electron chi connectivity index (χ0n) is 12.5. The number of imidazole rings is 1. The molecule has 0 amide bonds. The first kappa shape index (κ1) is 16.1. The van der Waals surface area contributed by atoms with E-state index in [1.165, 1.54) is 0 Å². The Bertz CT molecular complexity index is 751. The first-order valence-corrected chi connectivity index (χ1v) is 8.03. The molecular weight excluding hydrogens is 331 g/mol. The molecule has 3 aromatic rings. The van der Waals surface area contributed by atoms with E-state index < -0.39 is 0 Å². The molecule has 0 radical (unpaired) electrons. The number of nitrogens with zero attached hydrogens (tertiary/aromatic N) is 2. The van der Waals surface area contributed by atoms with Gasteiger partial charge in [0.1, 0.15) is 12.4 Å². The molecule has 1 heterocycles. The van der Waals surface area contributed by atoms with Crippen LogP contribution >= 0.6 is 23.2 Å². The second-order valence-electron chi connectivity index (χ2n) is 5.23. The van der Waals surface area contributed by atoms with Gasteiger partial charge >= 0.3 is 0 Å². The first-order valence-electron chi connectivity index (χ1n) is 7.27. The van der Waals surface area contributed by atoms with E-state index in [2.05, 4.69) is 4.98 Å². The molecule has 0 unspecified atom stereocenters. The van der Waals surface area contributed by atoms with Crippen LogP contribution in [0, 0.1) is 0 Å². The van der Waals surface area contributed by atoms with Gasteiger partial charge in [-0.05, 0) is 29.3 Å². The van der Waals surface area contributed by atoms with Crippen LogP contribution in [0.5, 0.6) is 0 Å². The molecule has 0 spiro atoms. The molecule has 0 saturated carbocycles. The molecule has 0 aliphatic carbocycles. The van der Waals surface area contributed by atoms with Gasteiger partial charge in [-0.2, -0.15) is 0 Å². The van der Waals surface area contributed by atoms with Crippen LogP contribution in [0.15, 0.2) is 60.9 Å². The molecule has 118 valence electrons. The number of ether oxygens (including phenoxy) is 1. The Morgan fingerprint density at radius 3 is 2.39 bits per heavy atom. The zero-order valence-corrected chi connectivity index (χ0v) is 14.0. The van der Waals surface area contributed by atoms with Crippen molar-refractivity contribution in [2.24, 2.45) is 0 Å². The van der Waals surface area contributed by atoms with E-state index >= 15 is 0 Å². The summed E-state index contributed by atoms with van der Waals surface area (Å²) in [5.41, 5.74) is 2.18. The van der Waals surface area contributed by atoms with Crippen LogP contribution in [-0.4, -0.2) is 9.55 Å². The van der Waals surface area contributed by atoms with Crippen LogP contribution in [-0.2, 0) is 24.5 Å². The minimum atomic E-state index is 0.455. The summed E-state index contributed by atoms with van der Waals surface area (Å²) < 4.78 is 7.79. The van der Waals surface area contributed by atoms with Gasteiger partial charge in [-0.15, -0.1) is 0 Å². The highest BCUT2D eigenvalue weighted by Crippen LogP contribution is 2.20. The van der Waals surface area contributed by atoms with E-state index in [-0.39, 0.29) is 0 Å². The average Bonchev–Trinajstić information content (AvgIpc) is 2.94. The number of rotatable bonds is 6. The Kier molecular flexibility index (Phi) is 5.34. The molecule has 0 aliphatic rings. The summed E-state index contributed by atoms with van der Waals surface area (Å²) in [5, 5.41) is 1.27. The molecule has 3 nitrogen and oxygen atoms in total. The fourth-order valence-electron chi connectivity index (χ4n) is 2.36. The van der Waals surface area contributed by atoms with E-state index in [0.29, 0.717) is 29.8 Å². The summed E-state index contributed by atoms with van der Waals surface area (Å²) in [6, 6.07) is 15.6. The van der Waals surface area contributed by atoms with Crippen LogP contribution in [0.1, 0.15) is 17.0 Å². The van der Waals surface area contributed by atoms with Crippen LogP contribution < -0.4 is 0 Å². The maximum atomic E-state index is 6.05. The standard InChI is InChI=1S/C18H16Cl2N2O/c19-16-8-15(9-17(20)10-16)11-22-7-6-21-18(22)13-23-12-14-4-2-1-3-5-14/h1-10H,11-13H2. The van der Waals surface area contributed by atoms with E-state index in [1.807, 2.05) is 53.2 Å². The molecule has 1 aromatic heterocycles. The molecule has 0 bridgehead atoms. The van der Waals surface area contributed by atoms with Gasteiger partial charge in [-0.1, -0.05) is 53.5 Å². The molecule has 0 aliphatic heterocycles. The molecule has 0 atom stereocenters. The van der Waals surface area contributed by atoms with Crippen molar-refractivity contribution >= 4 is 23.2 Å². The van der Waals surface area contributed by atoms with Gasteiger partial charge in [0.15, 0.2) is 0 Å². The van der Waals surface area contributed by atoms with Gasteiger partial charge in [-0.3, -0.25) is 0 Å². The third-order valence-corrected chi connectivity index (χ3v) is 3.86. The van der Waals surface area contributed by atoms with E-state index in [9.17, 15) is 0 Å². The Balaban J connectivity index is 1.63. The van der Waals surface area contributed by atoms with Crippen LogP contribution in [0.2, 0.25) is 10.0 Å². The van der Waals surface area contributed by atoms with Crippen molar-refractivity contribution in [2.75, 3.05) is 0 Å². The molecule has 0 saturated heterocycles. The van der Waals surface area contributed by atoms with Crippen molar-refractivity contribution < 1.29 is 4.74 Å². The fraction of sp³-hybridized carbons (Fsp3) is 0.167. The summed E-state index contributed by atoms with van der Waals surface area (Å²) in [6.45, 7) is 1.68. The smallest absolute Gasteiger partial charge is 0.135 e. The fourth-order valence-corrected chi connectivity index (χ4v) is 2.93. The van der Waals surface area contributed by atoms with Crippen molar-refractivity contribution in [1.29, 1.82) is 0 Å². The van der Waals surface area contributed by atoms with Crippen molar-refractivity contribution in [2.45, 2.75) is 19.8 Å². The number of hydrogen-bond acceptors (Lipinski definition) is 2. The summed E-state index contributed by atoms with van der Waals surface area (Å²) >= 11 is 12.1. The second-order valence-corrected chi connectivity index (χ2v) is 6.10. The minimum absolute atomic E-state index is 0.455. The Labute approximate surface area is 145 Å². The highest BCUT2D eigenvalue weighted by molar-refractivity contribution is 6.34. The molecular formula is C18H16Cl2N2O. The van der Waals surface area contributed by atoms with Gasteiger partial charge in [0.25, 0.3) is 0 Å². The minimum Gasteiger partial charge on any atom is -0.369 e. The van der Waals surface area contributed by atoms with E-state index in [1.54, 1.807) is 12.3 Å². The Morgan fingerprint density at radius 1 is 0.913 bits per heavy atom. The van der Waals surface area contributed by atoms with Gasteiger partial charge in [-0.25, -0.2) is 4.98 Å². The van der Waals surface area contributed by atoms with Crippen LogP contribution in [0.25, 0.3) is 0 Å². The molecule has 2 aromatic carbocycles. The van der Waals surface area contributed by atoms with Gasteiger partial charge in [0.2, 0.25) is 0 Å². The molecule has 0 N–H and O–H groups in total. The van der Waals surface area contributed by atoms with Crippen molar-refractivity contribution in [3.63, 3.8) is 0 Å². The van der Waals surface area contributed by atoms with E-state index in [4.69, 9.17) is 27.9 Å². The lowest BCUT2D eigenvalue weighted by Crippen LogP contribution is -2.06. The maximum Gasteiger partial charge on any atom is 0.135 e. The third kappa shape index (κ3) is 4.58. The summed E-state index contributed by atoms with van der Waals surface area (Å²) in [6.07, 6.45) is 3.70. The lowest BCUT2D eigenvalue weighted by molar-refractivity contribution is 0.0996. The van der Waals surface area contributed by atoms with E-state index in [0.717, 1.165) is 17.0 Å². The monoisotopic (exact) mass is 346 g/mol. The first-order chi connectivity index (χ1) is 11.2. The predicted octanol–water partition coefficient (Wildman–Crippen LogP) is 4.96. The van der Waals surface area contributed by atoms with Crippen molar-refractivity contribution in [1.82, 2.24) is 9.55 Å². The van der Waals surface area contributed by atoms with Crippen LogP contribution in [0.4, 0.5) is 0 Å². The summed E-state index contributed by atoms with van der Waals surface area (Å²) in [4.78, 5) is 4.36. The normalized spacial score (nSPS) is 10.9. The van der Waals surface area contributed by atoms with Gasteiger partial charge in [0.05, 0.1) is 6.61 Å². The zero-order chi connectivity index (χ0) is 16.1. The number of hydrogen-bond donors (Lipinski definition) is 0. The summed E-state index contributed by atoms with van der Waals surface area (Å²) in [5.74, 6) is 0.872. The van der Waals surface area contributed by atoms with Gasteiger partial charge in [0, 0.05) is 29.0 Å². The Hall–Kier alpha value is -1.81. The molecule has 5 heteroatoms.